The Labute approximate surface area is 119 Å². The Kier molecular flexibility index (Phi) is 5.03. The third-order valence-electron chi connectivity index (χ3n) is 3.54. The fourth-order valence-electron chi connectivity index (χ4n) is 2.44. The van der Waals surface area contributed by atoms with Crippen molar-refractivity contribution < 1.29 is 0 Å². The average Bonchev–Trinajstić information content (AvgIpc) is 2.40. The summed E-state index contributed by atoms with van der Waals surface area (Å²) in [5, 5.41) is 0.840. The molecule has 1 aliphatic rings. The van der Waals surface area contributed by atoms with Gasteiger partial charge in [0.2, 0.25) is 0 Å². The molecule has 0 bridgehead atoms. The smallest absolute Gasteiger partial charge is 0.104 e. The van der Waals surface area contributed by atoms with Crippen molar-refractivity contribution in [1.82, 2.24) is 4.90 Å². The van der Waals surface area contributed by atoms with Gasteiger partial charge >= 0.3 is 0 Å². The van der Waals surface area contributed by atoms with Gasteiger partial charge in [-0.05, 0) is 37.8 Å². The van der Waals surface area contributed by atoms with Crippen LogP contribution in [0.5, 0.6) is 0 Å². The molecule has 0 unspecified atom stereocenters. The van der Waals surface area contributed by atoms with Gasteiger partial charge < -0.3 is 5.73 Å². The van der Waals surface area contributed by atoms with Gasteiger partial charge in [0, 0.05) is 17.4 Å². The Morgan fingerprint density at radius 1 is 1.39 bits per heavy atom. The van der Waals surface area contributed by atoms with Gasteiger partial charge in [0.1, 0.15) is 4.99 Å². The highest BCUT2D eigenvalue weighted by atomic mass is 32.2. The summed E-state index contributed by atoms with van der Waals surface area (Å²) >= 11 is 7.11. The zero-order valence-electron chi connectivity index (χ0n) is 10.8. The number of thiocarbonyl (C=S) groups is 1. The summed E-state index contributed by atoms with van der Waals surface area (Å²) in [4.78, 5) is 3.01. The lowest BCUT2D eigenvalue weighted by Gasteiger charge is -2.31. The van der Waals surface area contributed by atoms with E-state index in [1.807, 2.05) is 23.9 Å². The van der Waals surface area contributed by atoms with Crippen molar-refractivity contribution in [3.8, 4) is 0 Å². The first-order valence-electron chi connectivity index (χ1n) is 6.33. The molecule has 0 saturated carbocycles. The monoisotopic (exact) mass is 280 g/mol. The first kappa shape index (κ1) is 13.8. The summed E-state index contributed by atoms with van der Waals surface area (Å²) < 4.78 is 0. The Morgan fingerprint density at radius 2 is 2.06 bits per heavy atom. The molecule has 0 aromatic heterocycles. The second kappa shape index (κ2) is 6.55. The molecule has 1 fully saturated rings. The molecule has 1 aromatic carbocycles. The molecule has 0 atom stereocenters. The largest absolute Gasteiger partial charge is 0.389 e. The van der Waals surface area contributed by atoms with Crippen molar-refractivity contribution in [2.24, 2.45) is 5.73 Å². The van der Waals surface area contributed by atoms with E-state index in [0.29, 0.717) is 4.99 Å². The maximum atomic E-state index is 5.77. The molecule has 1 aliphatic heterocycles. The van der Waals surface area contributed by atoms with Crippen LogP contribution in [-0.2, 0) is 6.54 Å². The van der Waals surface area contributed by atoms with E-state index in [-0.39, 0.29) is 0 Å². The second-order valence-corrected chi connectivity index (χ2v) is 6.31. The Morgan fingerprint density at radius 3 is 2.67 bits per heavy atom. The van der Waals surface area contributed by atoms with Crippen LogP contribution in [0.15, 0.2) is 24.3 Å². The summed E-state index contributed by atoms with van der Waals surface area (Å²) in [6.07, 6.45) is 4.79. The third kappa shape index (κ3) is 3.46. The maximum Gasteiger partial charge on any atom is 0.104 e. The van der Waals surface area contributed by atoms with E-state index in [1.165, 1.54) is 31.5 Å². The number of likely N-dealkylation sites (tertiary alicyclic amines) is 1. The Bertz CT molecular complexity index is 412. The van der Waals surface area contributed by atoms with Crippen LogP contribution in [0.3, 0.4) is 0 Å². The first-order valence-corrected chi connectivity index (χ1v) is 8.03. The zero-order valence-corrected chi connectivity index (χ0v) is 12.4. The van der Waals surface area contributed by atoms with Gasteiger partial charge in [-0.15, -0.1) is 0 Å². The second-order valence-electron chi connectivity index (χ2n) is 4.73. The highest BCUT2D eigenvalue weighted by Crippen LogP contribution is 2.22. The SMILES string of the molecule is CSC1CCN(Cc2ccccc2C(N)=S)CC1. The normalized spacial score (nSPS) is 17.8. The molecule has 0 radical (unpaired) electrons. The molecular formula is C14H20N2S2. The minimum Gasteiger partial charge on any atom is -0.389 e. The number of thioether (sulfide) groups is 1. The molecular weight excluding hydrogens is 260 g/mol. The van der Waals surface area contributed by atoms with Gasteiger partial charge in [0.05, 0.1) is 0 Å². The number of hydrogen-bond donors (Lipinski definition) is 1. The Balaban J connectivity index is 2.00. The minimum absolute atomic E-state index is 0.504. The Hall–Kier alpha value is -0.580. The highest BCUT2D eigenvalue weighted by molar-refractivity contribution is 7.99. The number of nitrogens with zero attached hydrogens (tertiary/aromatic N) is 1. The highest BCUT2D eigenvalue weighted by Gasteiger charge is 2.19. The quantitative estimate of drug-likeness (QED) is 0.859. The van der Waals surface area contributed by atoms with E-state index >= 15 is 0 Å². The predicted molar refractivity (Wildman–Crippen MR) is 84.1 cm³/mol. The minimum atomic E-state index is 0.504. The van der Waals surface area contributed by atoms with Crippen molar-refractivity contribution in [2.45, 2.75) is 24.6 Å². The molecule has 1 aromatic rings. The van der Waals surface area contributed by atoms with Gasteiger partial charge in [-0.2, -0.15) is 11.8 Å². The van der Waals surface area contributed by atoms with E-state index in [9.17, 15) is 0 Å². The van der Waals surface area contributed by atoms with Crippen LogP contribution in [0.4, 0.5) is 0 Å². The van der Waals surface area contributed by atoms with Crippen LogP contribution in [0, 0.1) is 0 Å². The first-order chi connectivity index (χ1) is 8.70. The molecule has 1 saturated heterocycles. The zero-order chi connectivity index (χ0) is 13.0. The van der Waals surface area contributed by atoms with Crippen molar-refractivity contribution in [3.05, 3.63) is 35.4 Å². The lowest BCUT2D eigenvalue weighted by molar-refractivity contribution is 0.225. The van der Waals surface area contributed by atoms with Gasteiger partial charge in [0.15, 0.2) is 0 Å². The lowest BCUT2D eigenvalue weighted by atomic mass is 10.0. The summed E-state index contributed by atoms with van der Waals surface area (Å²) in [6, 6.07) is 8.21. The van der Waals surface area contributed by atoms with Gasteiger partial charge in [0.25, 0.3) is 0 Å². The number of piperidine rings is 1. The molecule has 4 heteroatoms. The summed E-state index contributed by atoms with van der Waals surface area (Å²) in [7, 11) is 0. The van der Waals surface area contributed by atoms with Gasteiger partial charge in [-0.1, -0.05) is 36.5 Å². The van der Waals surface area contributed by atoms with Crippen molar-refractivity contribution in [1.29, 1.82) is 0 Å². The standard InChI is InChI=1S/C14H20N2S2/c1-18-12-6-8-16(9-7-12)10-11-4-2-3-5-13(11)14(15)17/h2-5,12H,6-10H2,1H3,(H2,15,17). The van der Waals surface area contributed by atoms with Crippen LogP contribution in [0.1, 0.15) is 24.0 Å². The molecule has 0 spiro atoms. The van der Waals surface area contributed by atoms with E-state index in [1.54, 1.807) is 0 Å². The molecule has 0 aliphatic carbocycles. The third-order valence-corrected chi connectivity index (χ3v) is 4.90. The fraction of sp³-hybridized carbons (Fsp3) is 0.500. The van der Waals surface area contributed by atoms with E-state index in [0.717, 1.165) is 17.4 Å². The molecule has 98 valence electrons. The molecule has 2 nitrogen and oxygen atoms in total. The number of hydrogen-bond acceptors (Lipinski definition) is 3. The maximum absolute atomic E-state index is 5.77. The van der Waals surface area contributed by atoms with Crippen LogP contribution in [-0.4, -0.2) is 34.5 Å². The van der Waals surface area contributed by atoms with Crippen molar-refractivity contribution >= 4 is 29.0 Å². The predicted octanol–water partition coefficient (Wildman–Crippen LogP) is 2.65. The van der Waals surface area contributed by atoms with Gasteiger partial charge in [-0.25, -0.2) is 0 Å². The molecule has 0 amide bonds. The number of rotatable bonds is 4. The van der Waals surface area contributed by atoms with Crippen LogP contribution < -0.4 is 5.73 Å². The molecule has 2 rings (SSSR count). The number of nitrogens with two attached hydrogens (primary N) is 1. The van der Waals surface area contributed by atoms with E-state index in [4.69, 9.17) is 18.0 Å². The fourth-order valence-corrected chi connectivity index (χ4v) is 3.32. The molecule has 18 heavy (non-hydrogen) atoms. The molecule has 1 heterocycles. The average molecular weight is 280 g/mol. The summed E-state index contributed by atoms with van der Waals surface area (Å²) in [5.74, 6) is 0. The lowest BCUT2D eigenvalue weighted by Crippen LogP contribution is -2.34. The van der Waals surface area contributed by atoms with Gasteiger partial charge in [-0.3, -0.25) is 4.90 Å². The summed E-state index contributed by atoms with van der Waals surface area (Å²) in [6.45, 7) is 3.32. The van der Waals surface area contributed by atoms with E-state index in [2.05, 4.69) is 23.3 Å². The number of benzene rings is 1. The van der Waals surface area contributed by atoms with Crippen LogP contribution in [0.25, 0.3) is 0 Å². The summed E-state index contributed by atoms with van der Waals surface area (Å²) in [5.41, 5.74) is 8.06. The van der Waals surface area contributed by atoms with Crippen LogP contribution >= 0.6 is 24.0 Å². The van der Waals surface area contributed by atoms with Crippen LogP contribution in [0.2, 0.25) is 0 Å². The topological polar surface area (TPSA) is 29.3 Å². The van der Waals surface area contributed by atoms with E-state index < -0.39 is 0 Å². The molecule has 2 N–H and O–H groups in total. The van der Waals surface area contributed by atoms with Crippen molar-refractivity contribution in [2.75, 3.05) is 19.3 Å². The van der Waals surface area contributed by atoms with Crippen molar-refractivity contribution in [3.63, 3.8) is 0 Å².